The predicted octanol–water partition coefficient (Wildman–Crippen LogP) is 3.11. The third-order valence-corrected chi connectivity index (χ3v) is 3.84. The number of unbranched alkanes of at least 4 members (excludes halogenated alkanes) is 1. The van der Waals surface area contributed by atoms with Crippen LogP contribution in [0.25, 0.3) is 0 Å². The van der Waals surface area contributed by atoms with Crippen LogP contribution in [0.4, 0.5) is 0 Å². The van der Waals surface area contributed by atoms with Gasteiger partial charge >= 0.3 is 0 Å². The summed E-state index contributed by atoms with van der Waals surface area (Å²) in [4.78, 5) is 23.6. The average molecular weight is 289 g/mol. The van der Waals surface area contributed by atoms with Gasteiger partial charge in [0.25, 0.3) is 5.91 Å². The fraction of sp³-hybridized carbons (Fsp3) is 0.529. The number of rotatable bonds is 6. The molecule has 0 radical (unpaired) electrons. The van der Waals surface area contributed by atoms with Crippen molar-refractivity contribution in [3.05, 3.63) is 29.8 Å². The zero-order valence-corrected chi connectivity index (χ0v) is 12.8. The zero-order chi connectivity index (χ0) is 15.3. The molecule has 0 saturated heterocycles. The van der Waals surface area contributed by atoms with Crippen LogP contribution in [-0.2, 0) is 4.79 Å². The number of hydrogen-bond donors (Lipinski definition) is 1. The maximum Gasteiger partial charge on any atom is 0.251 e. The molecule has 1 aliphatic carbocycles. The van der Waals surface area contributed by atoms with Gasteiger partial charge in [0, 0.05) is 23.9 Å². The van der Waals surface area contributed by atoms with Crippen molar-refractivity contribution in [1.82, 2.24) is 5.32 Å². The Morgan fingerprint density at radius 1 is 1.33 bits per heavy atom. The third kappa shape index (κ3) is 4.31. The topological polar surface area (TPSA) is 55.4 Å². The van der Waals surface area contributed by atoms with Crippen LogP contribution in [0.5, 0.6) is 5.75 Å². The summed E-state index contributed by atoms with van der Waals surface area (Å²) < 4.78 is 5.57. The van der Waals surface area contributed by atoms with E-state index in [9.17, 15) is 9.59 Å². The summed E-state index contributed by atoms with van der Waals surface area (Å²) in [7, 11) is 0. The van der Waals surface area contributed by atoms with Gasteiger partial charge in [-0.3, -0.25) is 9.59 Å². The number of amides is 1. The molecular weight excluding hydrogens is 266 g/mol. The van der Waals surface area contributed by atoms with Crippen molar-refractivity contribution in [2.24, 2.45) is 0 Å². The van der Waals surface area contributed by atoms with Crippen LogP contribution in [0.15, 0.2) is 24.3 Å². The monoisotopic (exact) mass is 289 g/mol. The van der Waals surface area contributed by atoms with E-state index >= 15 is 0 Å². The Morgan fingerprint density at radius 2 is 2.05 bits per heavy atom. The standard InChI is InChI=1S/C17H23NO3/c1-3-4-11-21-15-7-5-13(6-8-15)16(20)18-17(2)10-9-14(19)12-17/h5-8H,3-4,9-12H2,1-2H3,(H,18,20). The van der Waals surface area contributed by atoms with Crippen molar-refractivity contribution < 1.29 is 14.3 Å². The molecule has 1 aromatic rings. The lowest BCUT2D eigenvalue weighted by molar-refractivity contribution is -0.117. The van der Waals surface area contributed by atoms with Gasteiger partial charge in [-0.1, -0.05) is 13.3 Å². The average Bonchev–Trinajstić information content (AvgIpc) is 2.79. The van der Waals surface area contributed by atoms with Crippen LogP contribution in [0.2, 0.25) is 0 Å². The summed E-state index contributed by atoms with van der Waals surface area (Å²) in [6.07, 6.45) is 3.82. The van der Waals surface area contributed by atoms with Crippen LogP contribution >= 0.6 is 0 Å². The lowest BCUT2D eigenvalue weighted by Crippen LogP contribution is -2.44. The lowest BCUT2D eigenvalue weighted by atomic mass is 10.00. The van der Waals surface area contributed by atoms with Gasteiger partial charge in [0.15, 0.2) is 0 Å². The molecule has 1 amide bonds. The molecule has 1 unspecified atom stereocenters. The molecule has 4 heteroatoms. The molecular formula is C17H23NO3. The minimum atomic E-state index is -0.398. The van der Waals surface area contributed by atoms with E-state index in [0.29, 0.717) is 25.0 Å². The molecule has 4 nitrogen and oxygen atoms in total. The van der Waals surface area contributed by atoms with Crippen LogP contribution in [0, 0.1) is 0 Å². The summed E-state index contributed by atoms with van der Waals surface area (Å²) >= 11 is 0. The number of hydrogen-bond acceptors (Lipinski definition) is 3. The van der Waals surface area contributed by atoms with Crippen molar-refractivity contribution in [1.29, 1.82) is 0 Å². The zero-order valence-electron chi connectivity index (χ0n) is 12.8. The lowest BCUT2D eigenvalue weighted by Gasteiger charge is -2.24. The van der Waals surface area contributed by atoms with E-state index in [2.05, 4.69) is 12.2 Å². The van der Waals surface area contributed by atoms with E-state index in [1.54, 1.807) is 12.1 Å². The molecule has 1 aromatic carbocycles. The molecule has 114 valence electrons. The van der Waals surface area contributed by atoms with E-state index < -0.39 is 5.54 Å². The largest absolute Gasteiger partial charge is 0.494 e. The highest BCUT2D eigenvalue weighted by Gasteiger charge is 2.35. The second kappa shape index (κ2) is 6.74. The highest BCUT2D eigenvalue weighted by Crippen LogP contribution is 2.26. The van der Waals surface area contributed by atoms with E-state index in [1.165, 1.54) is 0 Å². The quantitative estimate of drug-likeness (QED) is 0.819. The molecule has 0 aliphatic heterocycles. The van der Waals surface area contributed by atoms with Gasteiger partial charge in [-0.25, -0.2) is 0 Å². The summed E-state index contributed by atoms with van der Waals surface area (Å²) in [5.74, 6) is 0.868. The first-order chi connectivity index (χ1) is 10.0. The molecule has 0 heterocycles. The summed E-state index contributed by atoms with van der Waals surface area (Å²) in [6, 6.07) is 7.15. The normalized spacial score (nSPS) is 21.3. The molecule has 1 N–H and O–H groups in total. The Bertz CT molecular complexity index is 509. The molecule has 0 bridgehead atoms. The van der Waals surface area contributed by atoms with Crippen molar-refractivity contribution >= 4 is 11.7 Å². The van der Waals surface area contributed by atoms with E-state index in [4.69, 9.17) is 4.74 Å². The number of ether oxygens (including phenoxy) is 1. The summed E-state index contributed by atoms with van der Waals surface area (Å²) in [5.41, 5.74) is 0.197. The van der Waals surface area contributed by atoms with Gasteiger partial charge in [-0.2, -0.15) is 0 Å². The fourth-order valence-electron chi connectivity index (χ4n) is 2.52. The Balaban J connectivity index is 1.92. The van der Waals surface area contributed by atoms with Crippen LogP contribution in [0.3, 0.4) is 0 Å². The van der Waals surface area contributed by atoms with Gasteiger partial charge in [0.05, 0.1) is 6.61 Å². The minimum Gasteiger partial charge on any atom is -0.494 e. The van der Waals surface area contributed by atoms with Crippen molar-refractivity contribution in [2.75, 3.05) is 6.61 Å². The first-order valence-corrected chi connectivity index (χ1v) is 7.59. The smallest absolute Gasteiger partial charge is 0.251 e. The fourth-order valence-corrected chi connectivity index (χ4v) is 2.52. The number of carbonyl (C=O) groups is 2. The molecule has 1 saturated carbocycles. The number of Topliss-reactive ketones (excluding diaryl/α,β-unsaturated/α-hetero) is 1. The number of carbonyl (C=O) groups excluding carboxylic acids is 2. The second-order valence-electron chi connectivity index (χ2n) is 5.96. The predicted molar refractivity (Wildman–Crippen MR) is 81.6 cm³/mol. The van der Waals surface area contributed by atoms with E-state index in [1.807, 2.05) is 19.1 Å². The van der Waals surface area contributed by atoms with Gasteiger partial charge in [0.1, 0.15) is 11.5 Å². The first-order valence-electron chi connectivity index (χ1n) is 7.59. The number of benzene rings is 1. The second-order valence-corrected chi connectivity index (χ2v) is 5.96. The van der Waals surface area contributed by atoms with Gasteiger partial charge in [-0.05, 0) is 44.0 Å². The number of ketones is 1. The molecule has 0 spiro atoms. The Kier molecular flexibility index (Phi) is 4.99. The van der Waals surface area contributed by atoms with Crippen LogP contribution < -0.4 is 10.1 Å². The van der Waals surface area contributed by atoms with Crippen molar-refractivity contribution in [3.8, 4) is 5.75 Å². The Labute approximate surface area is 125 Å². The minimum absolute atomic E-state index is 0.132. The third-order valence-electron chi connectivity index (χ3n) is 3.84. The van der Waals surface area contributed by atoms with Gasteiger partial charge in [-0.15, -0.1) is 0 Å². The van der Waals surface area contributed by atoms with Gasteiger partial charge < -0.3 is 10.1 Å². The SMILES string of the molecule is CCCCOc1ccc(C(=O)NC2(C)CCC(=O)C2)cc1. The van der Waals surface area contributed by atoms with Crippen LogP contribution in [-0.4, -0.2) is 23.8 Å². The number of nitrogens with one attached hydrogen (secondary N) is 1. The molecule has 1 fully saturated rings. The molecule has 1 atom stereocenters. The van der Waals surface area contributed by atoms with Crippen molar-refractivity contribution in [3.63, 3.8) is 0 Å². The maximum atomic E-state index is 12.2. The van der Waals surface area contributed by atoms with Crippen molar-refractivity contribution in [2.45, 2.75) is 51.5 Å². The summed E-state index contributed by atoms with van der Waals surface area (Å²) in [6.45, 7) is 4.74. The molecule has 1 aliphatic rings. The Hall–Kier alpha value is -1.84. The molecule has 2 rings (SSSR count). The van der Waals surface area contributed by atoms with E-state index in [0.717, 1.165) is 25.0 Å². The highest BCUT2D eigenvalue weighted by molar-refractivity contribution is 5.95. The highest BCUT2D eigenvalue weighted by atomic mass is 16.5. The first kappa shape index (κ1) is 15.5. The Morgan fingerprint density at radius 3 is 2.62 bits per heavy atom. The maximum absolute atomic E-state index is 12.2. The summed E-state index contributed by atoms with van der Waals surface area (Å²) in [5, 5.41) is 2.97. The van der Waals surface area contributed by atoms with Gasteiger partial charge in [0.2, 0.25) is 0 Å². The van der Waals surface area contributed by atoms with E-state index in [-0.39, 0.29) is 11.7 Å². The molecule has 21 heavy (non-hydrogen) atoms. The molecule has 0 aromatic heterocycles. The van der Waals surface area contributed by atoms with Crippen LogP contribution in [0.1, 0.15) is 56.3 Å².